The van der Waals surface area contributed by atoms with Crippen LogP contribution < -0.4 is 5.32 Å². The smallest absolute Gasteiger partial charge is 0.0963 e. The second-order valence-electron chi connectivity index (χ2n) is 4.11. The van der Waals surface area contributed by atoms with E-state index in [-0.39, 0.29) is 6.10 Å². The van der Waals surface area contributed by atoms with E-state index in [9.17, 15) is 0 Å². The van der Waals surface area contributed by atoms with Gasteiger partial charge in [-0.2, -0.15) is 0 Å². The van der Waals surface area contributed by atoms with Crippen LogP contribution in [-0.2, 0) is 4.74 Å². The van der Waals surface area contributed by atoms with Gasteiger partial charge >= 0.3 is 0 Å². The Balaban J connectivity index is 2.13. The highest BCUT2D eigenvalue weighted by atomic mass is 35.5. The zero-order chi connectivity index (χ0) is 10.7. The predicted octanol–water partition coefficient (Wildman–Crippen LogP) is 2.64. The molecule has 0 radical (unpaired) electrons. The van der Waals surface area contributed by atoms with Gasteiger partial charge in [0.1, 0.15) is 0 Å². The normalized spacial score (nSPS) is 27.3. The molecule has 1 aromatic carbocycles. The van der Waals surface area contributed by atoms with Crippen molar-refractivity contribution in [3.05, 3.63) is 34.9 Å². The van der Waals surface area contributed by atoms with Crippen molar-refractivity contribution in [3.8, 4) is 0 Å². The molecule has 15 heavy (non-hydrogen) atoms. The molecule has 1 fully saturated rings. The van der Waals surface area contributed by atoms with Crippen LogP contribution in [0.1, 0.15) is 18.6 Å². The molecule has 1 saturated heterocycles. The molecule has 2 unspecified atom stereocenters. The second kappa shape index (κ2) is 4.97. The average molecular weight is 226 g/mol. The second-order valence-corrected chi connectivity index (χ2v) is 4.51. The summed E-state index contributed by atoms with van der Waals surface area (Å²) in [4.78, 5) is 0. The van der Waals surface area contributed by atoms with E-state index in [0.717, 1.165) is 30.3 Å². The summed E-state index contributed by atoms with van der Waals surface area (Å²) in [6.07, 6.45) is 0.0867. The summed E-state index contributed by atoms with van der Waals surface area (Å²) in [7, 11) is 0. The molecule has 82 valence electrons. The zero-order valence-electron chi connectivity index (χ0n) is 8.87. The highest BCUT2D eigenvalue weighted by Gasteiger charge is 2.19. The fraction of sp³-hybridized carbons (Fsp3) is 0.500. The van der Waals surface area contributed by atoms with Gasteiger partial charge in [0, 0.05) is 23.7 Å². The molecule has 0 bridgehead atoms. The molecule has 1 aliphatic heterocycles. The lowest BCUT2D eigenvalue weighted by atomic mass is 10.1. The lowest BCUT2D eigenvalue weighted by Crippen LogP contribution is -2.22. The lowest BCUT2D eigenvalue weighted by molar-refractivity contribution is 0.0516. The predicted molar refractivity (Wildman–Crippen MR) is 62.2 cm³/mol. The molecule has 0 aliphatic carbocycles. The first kappa shape index (κ1) is 10.9. The summed E-state index contributed by atoms with van der Waals surface area (Å²) in [6.45, 7) is 4.83. The van der Waals surface area contributed by atoms with Crippen LogP contribution in [0.2, 0.25) is 5.02 Å². The summed E-state index contributed by atoms with van der Waals surface area (Å²) < 4.78 is 5.84. The molecule has 1 aromatic rings. The van der Waals surface area contributed by atoms with E-state index in [1.165, 1.54) is 0 Å². The molecular formula is C12H16ClNO. The molecule has 1 aliphatic rings. The molecule has 3 heteroatoms. The van der Waals surface area contributed by atoms with Gasteiger partial charge in [0.05, 0.1) is 12.7 Å². The average Bonchev–Trinajstić information content (AvgIpc) is 2.44. The van der Waals surface area contributed by atoms with E-state index in [2.05, 4.69) is 12.2 Å². The highest BCUT2D eigenvalue weighted by Crippen LogP contribution is 2.26. The minimum Gasteiger partial charge on any atom is -0.372 e. The SMILES string of the molecule is CC1CNCC(c2ccccc2Cl)OC1. The van der Waals surface area contributed by atoms with Crippen molar-refractivity contribution in [2.24, 2.45) is 5.92 Å². The lowest BCUT2D eigenvalue weighted by Gasteiger charge is -2.16. The van der Waals surface area contributed by atoms with Crippen LogP contribution >= 0.6 is 11.6 Å². The zero-order valence-corrected chi connectivity index (χ0v) is 9.63. The van der Waals surface area contributed by atoms with Gasteiger partial charge in [0.15, 0.2) is 0 Å². The Hall–Kier alpha value is -0.570. The van der Waals surface area contributed by atoms with Crippen molar-refractivity contribution >= 4 is 11.6 Å². The number of rotatable bonds is 1. The van der Waals surface area contributed by atoms with Crippen molar-refractivity contribution in [2.45, 2.75) is 13.0 Å². The topological polar surface area (TPSA) is 21.3 Å². The molecule has 0 saturated carbocycles. The summed E-state index contributed by atoms with van der Waals surface area (Å²) >= 11 is 6.14. The minimum atomic E-state index is 0.0867. The van der Waals surface area contributed by atoms with Crippen LogP contribution in [0.25, 0.3) is 0 Å². The third-order valence-corrected chi connectivity index (χ3v) is 3.00. The van der Waals surface area contributed by atoms with Crippen LogP contribution in [0, 0.1) is 5.92 Å². The first-order valence-electron chi connectivity index (χ1n) is 5.34. The van der Waals surface area contributed by atoms with E-state index in [1.807, 2.05) is 24.3 Å². The summed E-state index contributed by atoms with van der Waals surface area (Å²) in [5.74, 6) is 0.567. The van der Waals surface area contributed by atoms with E-state index in [4.69, 9.17) is 16.3 Å². The number of hydrogen-bond donors (Lipinski definition) is 1. The third-order valence-electron chi connectivity index (χ3n) is 2.66. The summed E-state index contributed by atoms with van der Waals surface area (Å²) in [5, 5.41) is 4.18. The Kier molecular flexibility index (Phi) is 3.62. The van der Waals surface area contributed by atoms with Crippen LogP contribution in [0.5, 0.6) is 0 Å². The van der Waals surface area contributed by atoms with Crippen molar-refractivity contribution in [1.82, 2.24) is 5.32 Å². The van der Waals surface area contributed by atoms with Gasteiger partial charge in [-0.05, 0) is 12.0 Å². The van der Waals surface area contributed by atoms with Gasteiger partial charge < -0.3 is 10.1 Å². The molecule has 0 spiro atoms. The molecule has 0 amide bonds. The Labute approximate surface area is 95.6 Å². The number of nitrogens with one attached hydrogen (secondary N) is 1. The maximum absolute atomic E-state index is 6.14. The van der Waals surface area contributed by atoms with E-state index in [0.29, 0.717) is 5.92 Å². The van der Waals surface area contributed by atoms with E-state index in [1.54, 1.807) is 0 Å². The number of halogens is 1. The first-order chi connectivity index (χ1) is 7.27. The van der Waals surface area contributed by atoms with Crippen LogP contribution in [0.3, 0.4) is 0 Å². The van der Waals surface area contributed by atoms with Gasteiger partial charge in [-0.15, -0.1) is 0 Å². The molecule has 2 atom stereocenters. The fourth-order valence-corrected chi connectivity index (χ4v) is 2.05. The minimum absolute atomic E-state index is 0.0867. The molecule has 2 rings (SSSR count). The monoisotopic (exact) mass is 225 g/mol. The van der Waals surface area contributed by atoms with Crippen LogP contribution in [0.15, 0.2) is 24.3 Å². The molecule has 1 N–H and O–H groups in total. The Bertz CT molecular complexity index is 329. The van der Waals surface area contributed by atoms with Gasteiger partial charge in [0.2, 0.25) is 0 Å². The maximum Gasteiger partial charge on any atom is 0.0963 e. The molecular weight excluding hydrogens is 210 g/mol. The molecule has 0 aromatic heterocycles. The van der Waals surface area contributed by atoms with Crippen LogP contribution in [0.4, 0.5) is 0 Å². The van der Waals surface area contributed by atoms with Gasteiger partial charge in [-0.25, -0.2) is 0 Å². The van der Waals surface area contributed by atoms with E-state index < -0.39 is 0 Å². The van der Waals surface area contributed by atoms with Crippen molar-refractivity contribution in [1.29, 1.82) is 0 Å². The van der Waals surface area contributed by atoms with Crippen molar-refractivity contribution in [3.63, 3.8) is 0 Å². The van der Waals surface area contributed by atoms with Gasteiger partial charge in [-0.1, -0.05) is 36.7 Å². The number of hydrogen-bond acceptors (Lipinski definition) is 2. The first-order valence-corrected chi connectivity index (χ1v) is 5.72. The maximum atomic E-state index is 6.14. The highest BCUT2D eigenvalue weighted by molar-refractivity contribution is 6.31. The number of benzene rings is 1. The number of ether oxygens (including phenoxy) is 1. The van der Waals surface area contributed by atoms with Gasteiger partial charge in [-0.3, -0.25) is 0 Å². The Morgan fingerprint density at radius 1 is 1.33 bits per heavy atom. The largest absolute Gasteiger partial charge is 0.372 e. The summed E-state index contributed by atoms with van der Waals surface area (Å²) in [6, 6.07) is 7.89. The molecule has 1 heterocycles. The van der Waals surface area contributed by atoms with Crippen molar-refractivity contribution in [2.75, 3.05) is 19.7 Å². The van der Waals surface area contributed by atoms with Crippen LogP contribution in [-0.4, -0.2) is 19.7 Å². The Morgan fingerprint density at radius 3 is 2.93 bits per heavy atom. The summed E-state index contributed by atoms with van der Waals surface area (Å²) in [5.41, 5.74) is 1.08. The van der Waals surface area contributed by atoms with Crippen molar-refractivity contribution < 1.29 is 4.74 Å². The fourth-order valence-electron chi connectivity index (χ4n) is 1.80. The quantitative estimate of drug-likeness (QED) is 0.794. The van der Waals surface area contributed by atoms with Gasteiger partial charge in [0.25, 0.3) is 0 Å². The third kappa shape index (κ3) is 2.71. The Morgan fingerprint density at radius 2 is 2.13 bits per heavy atom. The molecule has 2 nitrogen and oxygen atoms in total. The van der Waals surface area contributed by atoms with E-state index >= 15 is 0 Å². The standard InChI is InChI=1S/C12H16ClNO/c1-9-6-14-7-12(15-8-9)10-4-2-3-5-11(10)13/h2-5,9,12,14H,6-8H2,1H3.